The monoisotopic (exact) mass is 279 g/mol. The maximum Gasteiger partial charge on any atom is 0.305 e. The number of rotatable bonds is 6. The first-order chi connectivity index (χ1) is 9.69. The number of carbonyl (C=O) groups excluding carboxylic acids is 1. The highest BCUT2D eigenvalue weighted by atomic mass is 16.6. The van der Waals surface area contributed by atoms with Crippen LogP contribution in [0.5, 0.6) is 11.5 Å². The van der Waals surface area contributed by atoms with Gasteiger partial charge in [-0.1, -0.05) is 12.1 Å². The smallest absolute Gasteiger partial charge is 0.305 e. The Morgan fingerprint density at radius 3 is 2.90 bits per heavy atom. The van der Waals surface area contributed by atoms with Crippen LogP contribution in [0.15, 0.2) is 24.3 Å². The van der Waals surface area contributed by atoms with E-state index >= 15 is 0 Å². The fourth-order valence-electron chi connectivity index (χ4n) is 2.19. The molecule has 0 bridgehead atoms. The van der Waals surface area contributed by atoms with Crippen molar-refractivity contribution in [2.24, 2.45) is 0 Å². The highest BCUT2D eigenvalue weighted by Gasteiger charge is 2.21. The molecule has 0 saturated heterocycles. The van der Waals surface area contributed by atoms with Crippen molar-refractivity contribution < 1.29 is 19.0 Å². The average Bonchev–Trinajstić information content (AvgIpc) is 2.47. The summed E-state index contributed by atoms with van der Waals surface area (Å²) in [4.78, 5) is 13.2. The van der Waals surface area contributed by atoms with Crippen molar-refractivity contribution >= 4 is 5.97 Å². The number of hydrogen-bond donors (Lipinski definition) is 0. The molecule has 1 atom stereocenters. The summed E-state index contributed by atoms with van der Waals surface area (Å²) < 4.78 is 16.2. The third-order valence-electron chi connectivity index (χ3n) is 3.23. The molecule has 20 heavy (non-hydrogen) atoms. The second-order valence-corrected chi connectivity index (χ2v) is 4.94. The molecule has 1 unspecified atom stereocenters. The van der Waals surface area contributed by atoms with Gasteiger partial charge in [0.25, 0.3) is 0 Å². The van der Waals surface area contributed by atoms with Gasteiger partial charge in [0.15, 0.2) is 11.5 Å². The highest BCUT2D eigenvalue weighted by Crippen LogP contribution is 2.30. The lowest BCUT2D eigenvalue weighted by Gasteiger charge is -2.29. The summed E-state index contributed by atoms with van der Waals surface area (Å²) in [6.07, 6.45) is 1.26. The molecule has 0 spiro atoms. The summed E-state index contributed by atoms with van der Waals surface area (Å²) in [6.45, 7) is 2.16. The Morgan fingerprint density at radius 1 is 1.40 bits per heavy atom. The largest absolute Gasteiger partial charge is 0.486 e. The van der Waals surface area contributed by atoms with Gasteiger partial charge in [-0.25, -0.2) is 0 Å². The number of ether oxygens (including phenoxy) is 3. The maximum absolute atomic E-state index is 11.0. The van der Waals surface area contributed by atoms with Crippen LogP contribution in [0.4, 0.5) is 0 Å². The van der Waals surface area contributed by atoms with Crippen molar-refractivity contribution in [2.75, 3.05) is 33.9 Å². The zero-order valence-electron chi connectivity index (χ0n) is 12.0. The van der Waals surface area contributed by atoms with E-state index in [0.717, 1.165) is 31.0 Å². The zero-order valence-corrected chi connectivity index (χ0v) is 12.0. The first-order valence-corrected chi connectivity index (χ1v) is 6.83. The van der Waals surface area contributed by atoms with Crippen LogP contribution in [0.25, 0.3) is 0 Å². The van der Waals surface area contributed by atoms with Crippen LogP contribution in [0.2, 0.25) is 0 Å². The topological polar surface area (TPSA) is 48.0 Å². The summed E-state index contributed by atoms with van der Waals surface area (Å²) in [6, 6.07) is 7.69. The van der Waals surface area contributed by atoms with E-state index in [1.54, 1.807) is 0 Å². The normalized spacial score (nSPS) is 17.1. The Bertz CT molecular complexity index is 449. The lowest BCUT2D eigenvalue weighted by atomic mass is 10.2. The predicted molar refractivity (Wildman–Crippen MR) is 75.1 cm³/mol. The summed E-state index contributed by atoms with van der Waals surface area (Å²) in [7, 11) is 3.43. The van der Waals surface area contributed by atoms with Crippen LogP contribution in [0, 0.1) is 0 Å². The van der Waals surface area contributed by atoms with Gasteiger partial charge in [0.05, 0.1) is 7.11 Å². The van der Waals surface area contributed by atoms with E-state index in [2.05, 4.69) is 9.64 Å². The molecule has 0 N–H and O–H groups in total. The lowest BCUT2D eigenvalue weighted by Crippen LogP contribution is -2.39. The van der Waals surface area contributed by atoms with Gasteiger partial charge in [0.2, 0.25) is 0 Å². The standard InChI is InChI=1S/C15H21NO4/c1-16(9-5-8-15(17)18-2)10-12-11-19-13-6-3-4-7-14(13)20-12/h3-4,6-7,12H,5,8-11H2,1-2H3. The number of nitrogens with zero attached hydrogens (tertiary/aromatic N) is 1. The Labute approximate surface area is 119 Å². The number of carbonyl (C=O) groups is 1. The summed E-state index contributed by atoms with van der Waals surface area (Å²) in [5.74, 6) is 1.44. The molecule has 0 aliphatic carbocycles. The van der Waals surface area contributed by atoms with Crippen molar-refractivity contribution in [3.8, 4) is 11.5 Å². The Balaban J connectivity index is 1.73. The first-order valence-electron chi connectivity index (χ1n) is 6.83. The number of benzene rings is 1. The second kappa shape index (κ2) is 7.14. The molecule has 1 aromatic carbocycles. The van der Waals surface area contributed by atoms with Crippen LogP contribution in [0.1, 0.15) is 12.8 Å². The average molecular weight is 279 g/mol. The molecular formula is C15H21NO4. The molecule has 1 aromatic rings. The number of esters is 1. The predicted octanol–water partition coefficient (Wildman–Crippen LogP) is 1.71. The van der Waals surface area contributed by atoms with E-state index in [4.69, 9.17) is 9.47 Å². The highest BCUT2D eigenvalue weighted by molar-refractivity contribution is 5.69. The van der Waals surface area contributed by atoms with Gasteiger partial charge in [0, 0.05) is 13.0 Å². The van der Waals surface area contributed by atoms with Crippen molar-refractivity contribution in [3.05, 3.63) is 24.3 Å². The molecular weight excluding hydrogens is 258 g/mol. The lowest BCUT2D eigenvalue weighted by molar-refractivity contribution is -0.140. The Hall–Kier alpha value is -1.75. The molecule has 0 fully saturated rings. The molecule has 0 amide bonds. The van der Waals surface area contributed by atoms with E-state index in [1.165, 1.54) is 7.11 Å². The molecule has 2 rings (SSSR count). The summed E-state index contributed by atoms with van der Waals surface area (Å²) in [5.41, 5.74) is 0. The molecule has 110 valence electrons. The SMILES string of the molecule is COC(=O)CCCN(C)CC1COc2ccccc2O1. The quantitative estimate of drug-likeness (QED) is 0.742. The fourth-order valence-corrected chi connectivity index (χ4v) is 2.19. The minimum Gasteiger partial charge on any atom is -0.486 e. The zero-order chi connectivity index (χ0) is 14.4. The third-order valence-corrected chi connectivity index (χ3v) is 3.23. The van der Waals surface area contributed by atoms with E-state index in [9.17, 15) is 4.79 Å². The number of para-hydroxylation sites is 2. The maximum atomic E-state index is 11.0. The Morgan fingerprint density at radius 2 is 2.15 bits per heavy atom. The van der Waals surface area contributed by atoms with Gasteiger partial charge in [-0.3, -0.25) is 4.79 Å². The minimum absolute atomic E-state index is 0.0213. The summed E-state index contributed by atoms with van der Waals surface area (Å²) >= 11 is 0. The molecule has 5 nitrogen and oxygen atoms in total. The number of methoxy groups -OCH3 is 1. The van der Waals surface area contributed by atoms with E-state index < -0.39 is 0 Å². The number of fused-ring (bicyclic) bond motifs is 1. The van der Waals surface area contributed by atoms with Crippen molar-refractivity contribution in [2.45, 2.75) is 18.9 Å². The van der Waals surface area contributed by atoms with Crippen LogP contribution < -0.4 is 9.47 Å². The van der Waals surface area contributed by atoms with Crippen LogP contribution in [-0.4, -0.2) is 50.8 Å². The van der Waals surface area contributed by atoms with Gasteiger partial charge in [-0.05, 0) is 32.1 Å². The Kier molecular flexibility index (Phi) is 5.24. The van der Waals surface area contributed by atoms with Gasteiger partial charge >= 0.3 is 5.97 Å². The minimum atomic E-state index is -0.162. The van der Waals surface area contributed by atoms with Crippen molar-refractivity contribution in [3.63, 3.8) is 0 Å². The van der Waals surface area contributed by atoms with Crippen molar-refractivity contribution in [1.82, 2.24) is 4.90 Å². The van der Waals surface area contributed by atoms with Crippen LogP contribution in [-0.2, 0) is 9.53 Å². The van der Waals surface area contributed by atoms with Crippen molar-refractivity contribution in [1.29, 1.82) is 0 Å². The summed E-state index contributed by atoms with van der Waals surface area (Å²) in [5, 5.41) is 0. The van der Waals surface area contributed by atoms with Gasteiger partial charge in [-0.2, -0.15) is 0 Å². The van der Waals surface area contributed by atoms with E-state index in [1.807, 2.05) is 31.3 Å². The van der Waals surface area contributed by atoms with E-state index in [0.29, 0.717) is 13.0 Å². The molecule has 0 saturated carbocycles. The van der Waals surface area contributed by atoms with Crippen LogP contribution in [0.3, 0.4) is 0 Å². The van der Waals surface area contributed by atoms with Gasteiger partial charge in [0.1, 0.15) is 12.7 Å². The number of likely N-dealkylation sites (N-methyl/N-ethyl adjacent to an activating group) is 1. The third kappa shape index (κ3) is 4.13. The van der Waals surface area contributed by atoms with Crippen LogP contribution >= 0.6 is 0 Å². The molecule has 1 aliphatic heterocycles. The van der Waals surface area contributed by atoms with E-state index in [-0.39, 0.29) is 12.1 Å². The molecule has 1 heterocycles. The number of hydrogen-bond acceptors (Lipinski definition) is 5. The first kappa shape index (κ1) is 14.7. The van der Waals surface area contributed by atoms with Gasteiger partial charge < -0.3 is 19.1 Å². The molecule has 5 heteroatoms. The fraction of sp³-hybridized carbons (Fsp3) is 0.533. The molecule has 1 aliphatic rings. The second-order valence-electron chi connectivity index (χ2n) is 4.94. The molecule has 0 radical (unpaired) electrons. The molecule has 0 aromatic heterocycles. The van der Waals surface area contributed by atoms with Gasteiger partial charge in [-0.15, -0.1) is 0 Å².